The number of nitrogens with zero attached hydrogens (tertiary/aromatic N) is 2. The molecule has 12 heavy (non-hydrogen) atoms. The van der Waals surface area contributed by atoms with Gasteiger partial charge in [-0.1, -0.05) is 12.0 Å². The first-order valence-electron chi connectivity index (χ1n) is 3.48. The fraction of sp³-hybridized carbons (Fsp3) is 0.111. The minimum absolute atomic E-state index is 0.214. The van der Waals surface area contributed by atoms with Gasteiger partial charge in [-0.05, 0) is 6.07 Å². The first-order valence-corrected chi connectivity index (χ1v) is 3.48. The van der Waals surface area contributed by atoms with Gasteiger partial charge in [-0.3, -0.25) is 4.79 Å². The molecule has 0 fully saturated rings. The predicted molar refractivity (Wildman–Crippen MR) is 46.5 cm³/mol. The van der Waals surface area contributed by atoms with Crippen LogP contribution in [0.25, 0.3) is 0 Å². The highest BCUT2D eigenvalue weighted by Crippen LogP contribution is 1.74. The van der Waals surface area contributed by atoms with E-state index in [1.54, 1.807) is 12.1 Å². The molecule has 0 spiro atoms. The maximum atomic E-state index is 11.0. The largest absolute Gasteiger partial charge is 0.279 e. The zero-order chi connectivity index (χ0) is 8.81. The van der Waals surface area contributed by atoms with E-state index >= 15 is 0 Å². The SMILES string of the molecule is C=CCC#Cn1ncccc1=O. The molecule has 0 amide bonds. The van der Waals surface area contributed by atoms with Gasteiger partial charge >= 0.3 is 0 Å². The molecule has 0 unspecified atom stereocenters. The van der Waals surface area contributed by atoms with E-state index < -0.39 is 0 Å². The number of hydrogen-bond acceptors (Lipinski definition) is 2. The van der Waals surface area contributed by atoms with Crippen molar-refractivity contribution in [3.05, 3.63) is 41.3 Å². The molecule has 0 aliphatic rings. The lowest BCUT2D eigenvalue weighted by molar-refractivity contribution is 0.835. The maximum absolute atomic E-state index is 11.0. The molecule has 3 nitrogen and oxygen atoms in total. The van der Waals surface area contributed by atoms with E-state index in [2.05, 4.69) is 23.6 Å². The number of aromatic nitrogens is 2. The Bertz CT molecular complexity index is 381. The van der Waals surface area contributed by atoms with Crippen molar-refractivity contribution >= 4 is 0 Å². The summed E-state index contributed by atoms with van der Waals surface area (Å²) in [4.78, 5) is 11.0. The molecule has 1 aromatic heterocycles. The predicted octanol–water partition coefficient (Wildman–Crippen LogP) is 0.628. The van der Waals surface area contributed by atoms with Gasteiger partial charge in [0.25, 0.3) is 5.56 Å². The van der Waals surface area contributed by atoms with Crippen LogP contribution in [0, 0.1) is 12.0 Å². The highest BCUT2D eigenvalue weighted by molar-refractivity contribution is 5.04. The van der Waals surface area contributed by atoms with Crippen molar-refractivity contribution in [2.24, 2.45) is 0 Å². The summed E-state index contributed by atoms with van der Waals surface area (Å²) < 4.78 is 1.10. The van der Waals surface area contributed by atoms with Crippen molar-refractivity contribution in [2.75, 3.05) is 0 Å². The summed E-state index contributed by atoms with van der Waals surface area (Å²) in [5.41, 5.74) is -0.214. The Morgan fingerprint density at radius 2 is 2.58 bits per heavy atom. The smallest absolute Gasteiger partial charge is 0.267 e. The summed E-state index contributed by atoms with van der Waals surface area (Å²) in [5.74, 6) is 2.72. The third-order valence-electron chi connectivity index (χ3n) is 1.15. The van der Waals surface area contributed by atoms with E-state index in [9.17, 15) is 4.79 Å². The van der Waals surface area contributed by atoms with Gasteiger partial charge in [0.1, 0.15) is 0 Å². The molecule has 0 aromatic carbocycles. The van der Waals surface area contributed by atoms with Crippen LogP contribution in [0.5, 0.6) is 0 Å². The van der Waals surface area contributed by atoms with Crippen LogP contribution in [-0.2, 0) is 0 Å². The quantitative estimate of drug-likeness (QED) is 0.446. The molecule has 0 aliphatic heterocycles. The number of rotatable bonds is 1. The van der Waals surface area contributed by atoms with E-state index in [0.29, 0.717) is 6.42 Å². The summed E-state index contributed by atoms with van der Waals surface area (Å²) in [7, 11) is 0. The van der Waals surface area contributed by atoms with Gasteiger partial charge < -0.3 is 0 Å². The summed E-state index contributed by atoms with van der Waals surface area (Å²) in [5, 5.41) is 3.75. The van der Waals surface area contributed by atoms with Crippen LogP contribution in [-0.4, -0.2) is 9.78 Å². The normalized spacial score (nSPS) is 8.33. The molecule has 0 aliphatic carbocycles. The van der Waals surface area contributed by atoms with Crippen LogP contribution in [0.1, 0.15) is 6.42 Å². The molecule has 1 aromatic rings. The standard InChI is InChI=1S/C9H8N2O/c1-2-3-4-8-11-9(12)6-5-7-10-11/h2,5-7H,1,3H2. The molecule has 0 saturated heterocycles. The van der Waals surface area contributed by atoms with Gasteiger partial charge in [-0.15, -0.1) is 6.58 Å². The van der Waals surface area contributed by atoms with Gasteiger partial charge in [0.15, 0.2) is 0 Å². The Labute approximate surface area is 70.3 Å². The van der Waals surface area contributed by atoms with E-state index in [1.165, 1.54) is 12.3 Å². The summed E-state index contributed by atoms with van der Waals surface area (Å²) >= 11 is 0. The Morgan fingerprint density at radius 3 is 3.25 bits per heavy atom. The van der Waals surface area contributed by atoms with Crippen LogP contribution in [0.15, 0.2) is 35.8 Å². The van der Waals surface area contributed by atoms with Crippen LogP contribution in [0.3, 0.4) is 0 Å². The molecule has 1 rings (SSSR count). The molecule has 0 bridgehead atoms. The van der Waals surface area contributed by atoms with Gasteiger partial charge in [0, 0.05) is 24.7 Å². The zero-order valence-electron chi connectivity index (χ0n) is 6.53. The van der Waals surface area contributed by atoms with E-state index in [1.807, 2.05) is 0 Å². The van der Waals surface area contributed by atoms with Crippen molar-refractivity contribution in [3.8, 4) is 12.0 Å². The lowest BCUT2D eigenvalue weighted by Gasteiger charge is -1.88. The number of hydrogen-bond donors (Lipinski definition) is 0. The summed E-state index contributed by atoms with van der Waals surface area (Å²) in [6.07, 6.45) is 3.74. The fourth-order valence-electron chi connectivity index (χ4n) is 0.635. The molecule has 3 heteroatoms. The number of allylic oxidation sites excluding steroid dienone is 1. The van der Waals surface area contributed by atoms with Crippen LogP contribution in [0.4, 0.5) is 0 Å². The monoisotopic (exact) mass is 160 g/mol. The molecular formula is C9H8N2O. The highest BCUT2D eigenvalue weighted by atomic mass is 16.1. The molecule has 0 saturated carbocycles. The molecule has 0 radical (unpaired) electrons. The maximum Gasteiger partial charge on any atom is 0.279 e. The third-order valence-corrected chi connectivity index (χ3v) is 1.15. The Balaban J connectivity index is 2.91. The molecule has 1 heterocycles. The van der Waals surface area contributed by atoms with Crippen molar-refractivity contribution in [1.82, 2.24) is 9.78 Å². The first-order chi connectivity index (χ1) is 5.84. The summed E-state index contributed by atoms with van der Waals surface area (Å²) in [6, 6.07) is 5.58. The Hall–Kier alpha value is -1.82. The second-order valence-corrected chi connectivity index (χ2v) is 2.06. The van der Waals surface area contributed by atoms with Crippen LogP contribution in [0.2, 0.25) is 0 Å². The molecule has 60 valence electrons. The fourth-order valence-corrected chi connectivity index (χ4v) is 0.635. The lowest BCUT2D eigenvalue weighted by atomic mass is 10.4. The highest BCUT2D eigenvalue weighted by Gasteiger charge is 1.86. The van der Waals surface area contributed by atoms with Crippen molar-refractivity contribution < 1.29 is 0 Å². The van der Waals surface area contributed by atoms with E-state index in [4.69, 9.17) is 0 Å². The van der Waals surface area contributed by atoms with Gasteiger partial charge in [-0.25, -0.2) is 0 Å². The minimum Gasteiger partial charge on any atom is -0.267 e. The van der Waals surface area contributed by atoms with Crippen LogP contribution < -0.4 is 5.56 Å². The van der Waals surface area contributed by atoms with Crippen molar-refractivity contribution in [2.45, 2.75) is 6.42 Å². The zero-order valence-corrected chi connectivity index (χ0v) is 6.53. The van der Waals surface area contributed by atoms with Gasteiger partial charge in [0.05, 0.1) is 0 Å². The Morgan fingerprint density at radius 1 is 1.75 bits per heavy atom. The van der Waals surface area contributed by atoms with Crippen molar-refractivity contribution in [3.63, 3.8) is 0 Å². The second kappa shape index (κ2) is 4.14. The van der Waals surface area contributed by atoms with Gasteiger partial charge in [-0.2, -0.15) is 9.78 Å². The average Bonchev–Trinajstić information content (AvgIpc) is 2.09. The second-order valence-electron chi connectivity index (χ2n) is 2.06. The van der Waals surface area contributed by atoms with E-state index in [-0.39, 0.29) is 5.56 Å². The van der Waals surface area contributed by atoms with Crippen molar-refractivity contribution in [1.29, 1.82) is 0 Å². The van der Waals surface area contributed by atoms with E-state index in [0.717, 1.165) is 4.68 Å². The minimum atomic E-state index is -0.214. The average molecular weight is 160 g/mol. The lowest BCUT2D eigenvalue weighted by Crippen LogP contribution is -2.16. The molecule has 0 N–H and O–H groups in total. The first kappa shape index (κ1) is 8.28. The third kappa shape index (κ3) is 2.10. The van der Waals surface area contributed by atoms with Crippen LogP contribution >= 0.6 is 0 Å². The topological polar surface area (TPSA) is 34.9 Å². The molecule has 0 atom stereocenters. The summed E-state index contributed by atoms with van der Waals surface area (Å²) in [6.45, 7) is 3.50. The van der Waals surface area contributed by atoms with Gasteiger partial charge in [0.2, 0.25) is 0 Å². The molecular weight excluding hydrogens is 152 g/mol. The Kier molecular flexibility index (Phi) is 2.86.